The van der Waals surface area contributed by atoms with Crippen LogP contribution < -0.4 is 0 Å². The maximum Gasteiger partial charge on any atom is 0.355 e. The number of carboxylic acids is 1. The summed E-state index contributed by atoms with van der Waals surface area (Å²) in [5, 5.41) is 8.91. The van der Waals surface area contributed by atoms with E-state index in [4.69, 9.17) is 5.11 Å². The summed E-state index contributed by atoms with van der Waals surface area (Å²) < 4.78 is 12.8. The quantitative estimate of drug-likeness (QED) is 0.783. The zero-order valence-corrected chi connectivity index (χ0v) is 8.09. The minimum Gasteiger partial charge on any atom is -0.476 e. The second-order valence-corrected chi connectivity index (χ2v) is 3.07. The molecule has 0 saturated carbocycles. The van der Waals surface area contributed by atoms with Crippen molar-refractivity contribution >= 4 is 5.97 Å². The molecule has 0 aliphatic carbocycles. The Labute approximate surface area is 90.4 Å². The minimum absolute atomic E-state index is 0.300. The van der Waals surface area contributed by atoms with Gasteiger partial charge in [0.2, 0.25) is 5.95 Å². The molecule has 0 atom stereocenters. The van der Waals surface area contributed by atoms with E-state index in [1.807, 2.05) is 0 Å². The van der Waals surface area contributed by atoms with E-state index in [-0.39, 0.29) is 5.69 Å². The van der Waals surface area contributed by atoms with Crippen molar-refractivity contribution in [2.24, 2.45) is 0 Å². The van der Waals surface area contributed by atoms with Gasteiger partial charge in [-0.2, -0.15) is 4.39 Å². The first-order valence-corrected chi connectivity index (χ1v) is 4.49. The molecule has 0 spiro atoms. The summed E-state index contributed by atoms with van der Waals surface area (Å²) in [6.07, 6.45) is 3.06. The molecular weight excluding hydrogens is 211 g/mol. The molecule has 80 valence electrons. The Kier molecular flexibility index (Phi) is 2.59. The smallest absolute Gasteiger partial charge is 0.355 e. The van der Waals surface area contributed by atoms with Gasteiger partial charge in [0.25, 0.3) is 0 Å². The average Bonchev–Trinajstić information content (AvgIpc) is 2.30. The fourth-order valence-electron chi connectivity index (χ4n) is 1.36. The van der Waals surface area contributed by atoms with Crippen molar-refractivity contribution < 1.29 is 14.3 Å². The Hall–Kier alpha value is -2.30. The second-order valence-electron chi connectivity index (χ2n) is 3.07. The molecule has 2 aromatic rings. The number of pyridine rings is 2. The summed E-state index contributed by atoms with van der Waals surface area (Å²) in [6.45, 7) is 0. The Bertz CT molecular complexity index is 529. The summed E-state index contributed by atoms with van der Waals surface area (Å²) in [6, 6.07) is 5.80. The number of rotatable bonds is 2. The Morgan fingerprint density at radius 2 is 1.88 bits per heavy atom. The van der Waals surface area contributed by atoms with Gasteiger partial charge in [-0.05, 0) is 29.8 Å². The zero-order valence-electron chi connectivity index (χ0n) is 8.09. The molecule has 2 aromatic heterocycles. The second kappa shape index (κ2) is 4.06. The number of hydrogen-bond acceptors (Lipinski definition) is 3. The summed E-state index contributed by atoms with van der Waals surface area (Å²) in [5.41, 5.74) is 0.711. The molecule has 0 bridgehead atoms. The molecule has 1 N–H and O–H groups in total. The van der Waals surface area contributed by atoms with Crippen molar-refractivity contribution in [2.45, 2.75) is 0 Å². The van der Waals surface area contributed by atoms with Crippen LogP contribution in [0.3, 0.4) is 0 Å². The van der Waals surface area contributed by atoms with Gasteiger partial charge in [0.05, 0.1) is 0 Å². The fourth-order valence-corrected chi connectivity index (χ4v) is 1.36. The van der Waals surface area contributed by atoms with Crippen LogP contribution in [0.15, 0.2) is 36.7 Å². The van der Waals surface area contributed by atoms with Crippen LogP contribution >= 0.6 is 0 Å². The van der Waals surface area contributed by atoms with Crippen molar-refractivity contribution in [3.8, 4) is 11.1 Å². The third-order valence-corrected chi connectivity index (χ3v) is 2.06. The molecule has 0 aliphatic rings. The van der Waals surface area contributed by atoms with Crippen LogP contribution in [-0.2, 0) is 0 Å². The van der Waals surface area contributed by atoms with Gasteiger partial charge in [0, 0.05) is 18.0 Å². The lowest BCUT2D eigenvalue weighted by Crippen LogP contribution is -2.04. The molecule has 16 heavy (non-hydrogen) atoms. The Morgan fingerprint density at radius 1 is 1.19 bits per heavy atom. The number of hydrogen-bond donors (Lipinski definition) is 1. The molecule has 0 radical (unpaired) electrons. The fraction of sp³-hybridized carbons (Fsp3) is 0. The van der Waals surface area contributed by atoms with Gasteiger partial charge in [-0.3, -0.25) is 4.98 Å². The van der Waals surface area contributed by atoms with Crippen molar-refractivity contribution in [3.63, 3.8) is 0 Å². The van der Waals surface area contributed by atoms with Gasteiger partial charge >= 0.3 is 5.97 Å². The number of aromatic nitrogens is 2. The van der Waals surface area contributed by atoms with Crippen molar-refractivity contribution in [3.05, 3.63) is 48.3 Å². The molecule has 4 nitrogen and oxygen atoms in total. The van der Waals surface area contributed by atoms with E-state index < -0.39 is 11.9 Å². The predicted molar refractivity (Wildman–Crippen MR) is 54.4 cm³/mol. The molecule has 0 amide bonds. The molecule has 0 aliphatic heterocycles. The highest BCUT2D eigenvalue weighted by Crippen LogP contribution is 2.21. The maximum absolute atomic E-state index is 12.8. The summed E-state index contributed by atoms with van der Waals surface area (Å²) in [7, 11) is 0. The molecule has 0 unspecified atom stereocenters. The number of carbonyl (C=O) groups is 1. The van der Waals surface area contributed by atoms with Crippen LogP contribution in [0.25, 0.3) is 11.1 Å². The van der Waals surface area contributed by atoms with E-state index in [1.54, 1.807) is 12.1 Å². The monoisotopic (exact) mass is 218 g/mol. The number of carboxylic acid groups (broad SMARTS) is 1. The summed E-state index contributed by atoms with van der Waals surface area (Å²) >= 11 is 0. The van der Waals surface area contributed by atoms with Gasteiger partial charge in [-0.1, -0.05) is 0 Å². The third-order valence-electron chi connectivity index (χ3n) is 2.06. The molecule has 0 saturated heterocycles. The van der Waals surface area contributed by atoms with Crippen molar-refractivity contribution in [1.82, 2.24) is 9.97 Å². The van der Waals surface area contributed by atoms with E-state index >= 15 is 0 Å². The van der Waals surface area contributed by atoms with E-state index in [9.17, 15) is 9.18 Å². The van der Waals surface area contributed by atoms with Gasteiger partial charge in [-0.25, -0.2) is 9.78 Å². The molecule has 2 heterocycles. The maximum atomic E-state index is 12.8. The van der Waals surface area contributed by atoms with Crippen LogP contribution in [0.2, 0.25) is 0 Å². The topological polar surface area (TPSA) is 63.1 Å². The largest absolute Gasteiger partial charge is 0.476 e. The average molecular weight is 218 g/mol. The lowest BCUT2D eigenvalue weighted by molar-refractivity contribution is 0.0690. The zero-order chi connectivity index (χ0) is 11.5. The molecule has 0 fully saturated rings. The van der Waals surface area contributed by atoms with E-state index in [2.05, 4.69) is 9.97 Å². The van der Waals surface area contributed by atoms with Crippen LogP contribution in [0.1, 0.15) is 10.5 Å². The van der Waals surface area contributed by atoms with Gasteiger partial charge in [-0.15, -0.1) is 0 Å². The highest BCUT2D eigenvalue weighted by molar-refractivity contribution is 5.93. The normalized spacial score (nSPS) is 10.1. The molecular formula is C11H7FN2O2. The molecule has 2 rings (SSSR count). The minimum atomic E-state index is -1.26. The SMILES string of the molecule is O=C(O)c1nc(F)ccc1-c1ccncc1. The molecule has 0 aromatic carbocycles. The lowest BCUT2D eigenvalue weighted by atomic mass is 10.1. The van der Waals surface area contributed by atoms with Crippen molar-refractivity contribution in [2.75, 3.05) is 0 Å². The first kappa shape index (κ1) is 10.2. The van der Waals surface area contributed by atoms with Gasteiger partial charge < -0.3 is 5.11 Å². The first-order chi connectivity index (χ1) is 7.68. The number of nitrogens with zero attached hydrogens (tertiary/aromatic N) is 2. The van der Waals surface area contributed by atoms with Crippen LogP contribution in [0, 0.1) is 5.95 Å². The third kappa shape index (κ3) is 1.88. The van der Waals surface area contributed by atoms with E-state index in [0.29, 0.717) is 11.1 Å². The number of halogens is 1. The highest BCUT2D eigenvalue weighted by atomic mass is 19.1. The van der Waals surface area contributed by atoms with Gasteiger partial charge in [0.15, 0.2) is 5.69 Å². The predicted octanol–water partition coefficient (Wildman–Crippen LogP) is 1.98. The Balaban J connectivity index is 2.61. The summed E-state index contributed by atoms with van der Waals surface area (Å²) in [4.78, 5) is 18.1. The van der Waals surface area contributed by atoms with Crippen LogP contribution in [0.5, 0.6) is 0 Å². The van der Waals surface area contributed by atoms with E-state index in [0.717, 1.165) is 6.07 Å². The van der Waals surface area contributed by atoms with Crippen LogP contribution in [0.4, 0.5) is 4.39 Å². The number of aromatic carboxylic acids is 1. The van der Waals surface area contributed by atoms with Gasteiger partial charge in [0.1, 0.15) is 0 Å². The summed E-state index contributed by atoms with van der Waals surface area (Å²) in [5.74, 6) is -2.07. The molecule has 5 heteroatoms. The van der Waals surface area contributed by atoms with E-state index in [1.165, 1.54) is 18.5 Å². The van der Waals surface area contributed by atoms with Crippen LogP contribution in [-0.4, -0.2) is 21.0 Å². The Morgan fingerprint density at radius 3 is 2.50 bits per heavy atom. The first-order valence-electron chi connectivity index (χ1n) is 4.49. The highest BCUT2D eigenvalue weighted by Gasteiger charge is 2.14. The standard InChI is InChI=1S/C11H7FN2O2/c12-9-2-1-8(10(14-9)11(15)16)7-3-5-13-6-4-7/h1-6H,(H,15,16). The lowest BCUT2D eigenvalue weighted by Gasteiger charge is -2.04. The van der Waals surface area contributed by atoms with Crippen molar-refractivity contribution in [1.29, 1.82) is 0 Å².